The van der Waals surface area contributed by atoms with Crippen LogP contribution in [0.1, 0.15) is 25.7 Å². The van der Waals surface area contributed by atoms with Crippen molar-refractivity contribution in [1.29, 1.82) is 0 Å². The minimum Gasteiger partial charge on any atom is -0.443 e. The van der Waals surface area contributed by atoms with Crippen LogP contribution in [0.4, 0.5) is 5.69 Å². The Morgan fingerprint density at radius 1 is 1.26 bits per heavy atom. The van der Waals surface area contributed by atoms with Gasteiger partial charge in [0.05, 0.1) is 0 Å². The molecule has 4 nitrogen and oxygen atoms in total. The number of fused-ring (bicyclic) bond motifs is 1. The van der Waals surface area contributed by atoms with Gasteiger partial charge in [-0.2, -0.15) is 0 Å². The first kappa shape index (κ1) is 12.5. The van der Waals surface area contributed by atoms with Crippen molar-refractivity contribution in [2.24, 2.45) is 5.92 Å². The first-order valence-corrected chi connectivity index (χ1v) is 7.09. The van der Waals surface area contributed by atoms with Gasteiger partial charge < -0.3 is 15.1 Å². The van der Waals surface area contributed by atoms with Crippen molar-refractivity contribution < 1.29 is 4.42 Å². The third-order valence-corrected chi connectivity index (χ3v) is 4.18. The lowest BCUT2D eigenvalue weighted by Crippen LogP contribution is -2.32. The largest absolute Gasteiger partial charge is 0.443 e. The first-order chi connectivity index (χ1) is 9.35. The maximum absolute atomic E-state index is 5.32. The fourth-order valence-corrected chi connectivity index (χ4v) is 2.88. The van der Waals surface area contributed by atoms with Crippen molar-refractivity contribution in [2.75, 3.05) is 18.9 Å². The van der Waals surface area contributed by atoms with E-state index in [1.165, 1.54) is 32.1 Å². The van der Waals surface area contributed by atoms with E-state index in [1.807, 2.05) is 12.1 Å². The molecule has 4 heteroatoms. The summed E-state index contributed by atoms with van der Waals surface area (Å²) in [4.78, 5) is 4.13. The predicted octanol–water partition coefficient (Wildman–Crippen LogP) is 3.02. The lowest BCUT2D eigenvalue weighted by Gasteiger charge is -2.28. The fourth-order valence-electron chi connectivity index (χ4n) is 2.88. The maximum Gasteiger partial charge on any atom is 0.181 e. The summed E-state index contributed by atoms with van der Waals surface area (Å²) in [6.45, 7) is 1.05. The van der Waals surface area contributed by atoms with Gasteiger partial charge in [-0.15, -0.1) is 0 Å². The van der Waals surface area contributed by atoms with E-state index >= 15 is 0 Å². The standard InChI is InChI=1S/C15H21N3O/c1-16-12-4-2-11(3-5-12)9-17-13-6-7-14-15(8-13)19-10-18-14/h6-8,10-12,16-17H,2-5,9H2,1H3. The minimum atomic E-state index is 0.724. The molecule has 0 radical (unpaired) electrons. The Bertz CT molecular complexity index is 529. The molecule has 1 saturated carbocycles. The lowest BCUT2D eigenvalue weighted by atomic mass is 9.86. The molecule has 3 rings (SSSR count). The summed E-state index contributed by atoms with van der Waals surface area (Å²) in [7, 11) is 2.07. The molecule has 1 aromatic heterocycles. The van der Waals surface area contributed by atoms with E-state index in [9.17, 15) is 0 Å². The summed E-state index contributed by atoms with van der Waals surface area (Å²) in [6.07, 6.45) is 6.70. The molecule has 0 saturated heterocycles. The van der Waals surface area contributed by atoms with Crippen LogP contribution in [0, 0.1) is 5.92 Å². The van der Waals surface area contributed by atoms with Gasteiger partial charge in [-0.25, -0.2) is 4.98 Å². The van der Waals surface area contributed by atoms with Crippen molar-refractivity contribution >= 4 is 16.8 Å². The van der Waals surface area contributed by atoms with Gasteiger partial charge in [0.2, 0.25) is 0 Å². The second-order valence-corrected chi connectivity index (χ2v) is 5.42. The second-order valence-electron chi connectivity index (χ2n) is 5.42. The molecule has 1 aliphatic carbocycles. The number of nitrogens with zero attached hydrogens (tertiary/aromatic N) is 1. The zero-order valence-corrected chi connectivity index (χ0v) is 11.4. The van der Waals surface area contributed by atoms with Crippen LogP contribution >= 0.6 is 0 Å². The Morgan fingerprint density at radius 3 is 2.89 bits per heavy atom. The number of oxazole rings is 1. The number of rotatable bonds is 4. The van der Waals surface area contributed by atoms with Crippen molar-refractivity contribution in [2.45, 2.75) is 31.7 Å². The Morgan fingerprint density at radius 2 is 2.11 bits per heavy atom. The fraction of sp³-hybridized carbons (Fsp3) is 0.533. The molecular formula is C15H21N3O. The van der Waals surface area contributed by atoms with Crippen molar-refractivity contribution in [3.63, 3.8) is 0 Å². The molecule has 0 aliphatic heterocycles. The van der Waals surface area contributed by atoms with Crippen LogP contribution in [-0.4, -0.2) is 24.6 Å². The summed E-state index contributed by atoms with van der Waals surface area (Å²) in [5.74, 6) is 0.787. The van der Waals surface area contributed by atoms with Gasteiger partial charge in [0.25, 0.3) is 0 Å². The molecule has 0 spiro atoms. The van der Waals surface area contributed by atoms with Crippen LogP contribution in [0.3, 0.4) is 0 Å². The number of hydrogen-bond acceptors (Lipinski definition) is 4. The predicted molar refractivity (Wildman–Crippen MR) is 77.3 cm³/mol. The van der Waals surface area contributed by atoms with Crippen LogP contribution in [0.25, 0.3) is 11.1 Å². The summed E-state index contributed by atoms with van der Waals surface area (Å²) in [5.41, 5.74) is 2.89. The van der Waals surface area contributed by atoms with Crippen LogP contribution in [0.2, 0.25) is 0 Å². The summed E-state index contributed by atoms with van der Waals surface area (Å²) in [6, 6.07) is 6.83. The quantitative estimate of drug-likeness (QED) is 0.886. The molecule has 1 fully saturated rings. The first-order valence-electron chi connectivity index (χ1n) is 7.09. The summed E-state index contributed by atoms with van der Waals surface area (Å²) < 4.78 is 5.32. The normalized spacial score (nSPS) is 23.6. The molecule has 0 amide bonds. The SMILES string of the molecule is CNC1CCC(CNc2ccc3ncoc3c2)CC1. The third-order valence-electron chi connectivity index (χ3n) is 4.18. The van der Waals surface area contributed by atoms with Crippen LogP contribution in [-0.2, 0) is 0 Å². The van der Waals surface area contributed by atoms with E-state index in [4.69, 9.17) is 4.42 Å². The molecule has 2 aromatic rings. The zero-order valence-electron chi connectivity index (χ0n) is 11.4. The van der Waals surface area contributed by atoms with E-state index in [-0.39, 0.29) is 0 Å². The second kappa shape index (κ2) is 5.61. The Hall–Kier alpha value is -1.55. The van der Waals surface area contributed by atoms with Gasteiger partial charge in [0, 0.05) is 24.3 Å². The average molecular weight is 259 g/mol. The maximum atomic E-state index is 5.32. The molecule has 19 heavy (non-hydrogen) atoms. The van der Waals surface area contributed by atoms with Gasteiger partial charge in [-0.05, 0) is 50.8 Å². The highest BCUT2D eigenvalue weighted by Crippen LogP contribution is 2.25. The number of nitrogens with one attached hydrogen (secondary N) is 2. The van der Waals surface area contributed by atoms with Gasteiger partial charge >= 0.3 is 0 Å². The number of aromatic nitrogens is 1. The van der Waals surface area contributed by atoms with E-state index in [2.05, 4.69) is 28.7 Å². The molecule has 0 unspecified atom stereocenters. The Balaban J connectivity index is 1.54. The molecule has 0 bridgehead atoms. The van der Waals surface area contributed by atoms with Crippen molar-refractivity contribution in [3.05, 3.63) is 24.6 Å². The number of anilines is 1. The number of hydrogen-bond donors (Lipinski definition) is 2. The number of benzene rings is 1. The van der Waals surface area contributed by atoms with E-state index in [0.717, 1.165) is 35.3 Å². The van der Waals surface area contributed by atoms with Crippen LogP contribution < -0.4 is 10.6 Å². The highest BCUT2D eigenvalue weighted by Gasteiger charge is 2.19. The smallest absolute Gasteiger partial charge is 0.181 e. The Kier molecular flexibility index (Phi) is 3.69. The molecular weight excluding hydrogens is 238 g/mol. The summed E-state index contributed by atoms with van der Waals surface area (Å²) >= 11 is 0. The van der Waals surface area contributed by atoms with E-state index in [0.29, 0.717) is 0 Å². The molecule has 1 aromatic carbocycles. The third kappa shape index (κ3) is 2.89. The van der Waals surface area contributed by atoms with E-state index < -0.39 is 0 Å². The van der Waals surface area contributed by atoms with Gasteiger partial charge in [0.1, 0.15) is 5.52 Å². The zero-order chi connectivity index (χ0) is 13.1. The highest BCUT2D eigenvalue weighted by molar-refractivity contribution is 5.76. The lowest BCUT2D eigenvalue weighted by molar-refractivity contribution is 0.312. The van der Waals surface area contributed by atoms with Gasteiger partial charge in [0.15, 0.2) is 12.0 Å². The van der Waals surface area contributed by atoms with Crippen molar-refractivity contribution in [3.8, 4) is 0 Å². The van der Waals surface area contributed by atoms with Crippen molar-refractivity contribution in [1.82, 2.24) is 10.3 Å². The van der Waals surface area contributed by atoms with E-state index in [1.54, 1.807) is 0 Å². The van der Waals surface area contributed by atoms with Crippen LogP contribution in [0.15, 0.2) is 29.0 Å². The van der Waals surface area contributed by atoms with Gasteiger partial charge in [-0.1, -0.05) is 0 Å². The topological polar surface area (TPSA) is 50.1 Å². The molecule has 102 valence electrons. The molecule has 2 N–H and O–H groups in total. The Labute approximate surface area is 113 Å². The average Bonchev–Trinajstić information content (AvgIpc) is 2.93. The highest BCUT2D eigenvalue weighted by atomic mass is 16.3. The molecule has 1 heterocycles. The molecule has 1 aliphatic rings. The molecule has 0 atom stereocenters. The monoisotopic (exact) mass is 259 g/mol. The van der Waals surface area contributed by atoms with Crippen LogP contribution in [0.5, 0.6) is 0 Å². The summed E-state index contributed by atoms with van der Waals surface area (Å²) in [5, 5.41) is 6.90. The minimum absolute atomic E-state index is 0.724. The van der Waals surface area contributed by atoms with Gasteiger partial charge in [-0.3, -0.25) is 0 Å².